The maximum absolute atomic E-state index is 12.9. The van der Waals surface area contributed by atoms with E-state index in [1.165, 1.54) is 13.2 Å². The topological polar surface area (TPSA) is 178 Å². The second-order valence-corrected chi connectivity index (χ2v) is 9.13. The Morgan fingerprint density at radius 2 is 1.59 bits per heavy atom. The van der Waals surface area contributed by atoms with E-state index >= 15 is 0 Å². The lowest BCUT2D eigenvalue weighted by atomic mass is 10.0. The van der Waals surface area contributed by atoms with Crippen LogP contribution in [-0.4, -0.2) is 77.0 Å². The minimum atomic E-state index is -1.43. The zero-order valence-corrected chi connectivity index (χ0v) is 20.0. The minimum Gasteiger partial charge on any atom is -0.616 e. The first-order chi connectivity index (χ1) is 14.9. The molecule has 0 aromatic rings. The standard InChI is InChI=1S/C20H34N4O7S/c1-6-31-20(29)17(11-32(5)30)24-18(27)15(8-7-14(26)10-21)23-19(28)16(9-12(2)3)22-13(4)25/h10,12,15-17,21H,6-9,11H2,1-5H3,(H,22,25)(H,23,28)(H,24,27)/t15-,16-,17?,32?/m0/s1. The van der Waals surface area contributed by atoms with Gasteiger partial charge >= 0.3 is 5.97 Å². The summed E-state index contributed by atoms with van der Waals surface area (Å²) in [5, 5.41) is 14.5. The van der Waals surface area contributed by atoms with Crippen molar-refractivity contribution in [2.45, 2.75) is 65.1 Å². The maximum Gasteiger partial charge on any atom is 0.333 e. The molecule has 32 heavy (non-hydrogen) atoms. The Hall–Kier alpha value is -2.47. The molecule has 0 heterocycles. The number of esters is 1. The Morgan fingerprint density at radius 3 is 2.06 bits per heavy atom. The van der Waals surface area contributed by atoms with Gasteiger partial charge in [-0.3, -0.25) is 19.2 Å². The molecular weight excluding hydrogens is 440 g/mol. The Labute approximate surface area is 191 Å². The molecule has 0 aliphatic carbocycles. The van der Waals surface area contributed by atoms with Crippen LogP contribution in [0.1, 0.15) is 47.0 Å². The Balaban J connectivity index is 5.58. The number of rotatable bonds is 15. The maximum atomic E-state index is 12.9. The lowest BCUT2D eigenvalue weighted by Crippen LogP contribution is -2.57. The van der Waals surface area contributed by atoms with E-state index < -0.39 is 58.8 Å². The van der Waals surface area contributed by atoms with Crippen molar-refractivity contribution in [3.8, 4) is 0 Å². The number of carbonyl (C=O) groups is 5. The SMILES string of the molecule is CCOC(=O)C(C[S+](C)[O-])NC(=O)[C@H](CCC(=O)C=N)NC(=O)[C@H](CC(C)C)NC(C)=O. The monoisotopic (exact) mass is 474 g/mol. The van der Waals surface area contributed by atoms with Crippen molar-refractivity contribution in [1.29, 1.82) is 5.41 Å². The van der Waals surface area contributed by atoms with Gasteiger partial charge < -0.3 is 30.6 Å². The smallest absolute Gasteiger partial charge is 0.333 e. The Bertz CT molecular complexity index is 685. The van der Waals surface area contributed by atoms with Gasteiger partial charge in [-0.1, -0.05) is 25.0 Å². The third-order valence-corrected chi connectivity index (χ3v) is 4.97. The summed E-state index contributed by atoms with van der Waals surface area (Å²) in [5.41, 5.74) is 0. The fourth-order valence-corrected chi connectivity index (χ4v) is 3.46. The van der Waals surface area contributed by atoms with Gasteiger partial charge in [-0.05, 0) is 25.7 Å². The van der Waals surface area contributed by atoms with E-state index in [0.717, 1.165) is 0 Å². The van der Waals surface area contributed by atoms with Crippen LogP contribution in [0.3, 0.4) is 0 Å². The molecule has 0 aromatic heterocycles. The average Bonchev–Trinajstić information content (AvgIpc) is 2.68. The second-order valence-electron chi connectivity index (χ2n) is 7.65. The van der Waals surface area contributed by atoms with E-state index in [4.69, 9.17) is 10.1 Å². The number of hydrogen-bond donors (Lipinski definition) is 4. The summed E-state index contributed by atoms with van der Waals surface area (Å²) in [6.07, 6.45) is 1.97. The zero-order valence-electron chi connectivity index (χ0n) is 19.2. The predicted molar refractivity (Wildman–Crippen MR) is 120 cm³/mol. The molecule has 0 aliphatic heterocycles. The van der Waals surface area contributed by atoms with Crippen molar-refractivity contribution >= 4 is 46.9 Å². The van der Waals surface area contributed by atoms with Crippen LogP contribution in [0.4, 0.5) is 0 Å². The summed E-state index contributed by atoms with van der Waals surface area (Å²) in [5.74, 6) is -3.25. The highest BCUT2D eigenvalue weighted by molar-refractivity contribution is 7.90. The lowest BCUT2D eigenvalue weighted by Gasteiger charge is -2.25. The van der Waals surface area contributed by atoms with E-state index in [1.54, 1.807) is 6.92 Å². The van der Waals surface area contributed by atoms with Crippen LogP contribution in [0.15, 0.2) is 0 Å². The Morgan fingerprint density at radius 1 is 1.03 bits per heavy atom. The molecule has 182 valence electrons. The van der Waals surface area contributed by atoms with E-state index in [9.17, 15) is 28.5 Å². The molecule has 0 aliphatic rings. The lowest BCUT2D eigenvalue weighted by molar-refractivity contribution is -0.147. The number of hydrogen-bond acceptors (Lipinski definition) is 8. The van der Waals surface area contributed by atoms with Gasteiger partial charge in [-0.2, -0.15) is 0 Å². The van der Waals surface area contributed by atoms with Gasteiger partial charge in [0.1, 0.15) is 17.8 Å². The largest absolute Gasteiger partial charge is 0.616 e. The first kappa shape index (κ1) is 29.5. The third-order valence-electron chi connectivity index (χ3n) is 4.16. The predicted octanol–water partition coefficient (Wildman–Crippen LogP) is -0.553. The second kappa shape index (κ2) is 15.4. The number of nitrogens with one attached hydrogen (secondary N) is 4. The van der Waals surface area contributed by atoms with Crippen molar-refractivity contribution in [2.24, 2.45) is 5.92 Å². The Kier molecular flexibility index (Phi) is 14.2. The molecule has 0 fully saturated rings. The van der Waals surface area contributed by atoms with Gasteiger partial charge in [0.25, 0.3) is 0 Å². The highest BCUT2D eigenvalue weighted by atomic mass is 32.2. The van der Waals surface area contributed by atoms with Crippen LogP contribution in [0.5, 0.6) is 0 Å². The van der Waals surface area contributed by atoms with Crippen molar-refractivity contribution in [3.63, 3.8) is 0 Å². The van der Waals surface area contributed by atoms with Crippen molar-refractivity contribution in [3.05, 3.63) is 0 Å². The molecule has 11 nitrogen and oxygen atoms in total. The fraction of sp³-hybridized carbons (Fsp3) is 0.700. The summed E-state index contributed by atoms with van der Waals surface area (Å²) in [6, 6.07) is -3.32. The van der Waals surface area contributed by atoms with E-state index in [0.29, 0.717) is 12.6 Å². The molecular formula is C20H34N4O7S. The summed E-state index contributed by atoms with van der Waals surface area (Å²) in [4.78, 5) is 60.8. The van der Waals surface area contributed by atoms with Gasteiger partial charge in [0.15, 0.2) is 11.8 Å². The molecule has 3 amide bonds. The average molecular weight is 475 g/mol. The van der Waals surface area contributed by atoms with Crippen LogP contribution in [-0.2, 0) is 39.9 Å². The number of ketones is 1. The molecule has 0 saturated heterocycles. The quantitative estimate of drug-likeness (QED) is 0.140. The summed E-state index contributed by atoms with van der Waals surface area (Å²) < 4.78 is 16.5. The normalized spacial score (nSPS) is 14.5. The highest BCUT2D eigenvalue weighted by Crippen LogP contribution is 2.08. The molecule has 4 atom stereocenters. The van der Waals surface area contributed by atoms with Crippen LogP contribution in [0, 0.1) is 11.3 Å². The molecule has 12 heteroatoms. The molecule has 0 saturated carbocycles. The minimum absolute atomic E-state index is 0.0587. The van der Waals surface area contributed by atoms with Gasteiger partial charge in [-0.25, -0.2) is 4.79 Å². The molecule has 2 unspecified atom stereocenters. The first-order valence-electron chi connectivity index (χ1n) is 10.3. The van der Waals surface area contributed by atoms with Crippen LogP contribution in [0.2, 0.25) is 0 Å². The molecule has 0 rings (SSSR count). The highest BCUT2D eigenvalue weighted by Gasteiger charge is 2.32. The molecule has 0 bridgehead atoms. The fourth-order valence-electron chi connectivity index (χ4n) is 2.77. The molecule has 0 radical (unpaired) electrons. The summed E-state index contributed by atoms with van der Waals surface area (Å²) in [7, 11) is 0. The van der Waals surface area contributed by atoms with E-state index in [2.05, 4.69) is 16.0 Å². The summed E-state index contributed by atoms with van der Waals surface area (Å²) >= 11 is -1.43. The third kappa shape index (κ3) is 12.4. The summed E-state index contributed by atoms with van der Waals surface area (Å²) in [6.45, 7) is 6.64. The van der Waals surface area contributed by atoms with Crippen molar-refractivity contribution < 1.29 is 33.3 Å². The van der Waals surface area contributed by atoms with E-state index in [1.807, 2.05) is 13.8 Å². The molecule has 0 aromatic carbocycles. The molecule has 4 N–H and O–H groups in total. The van der Waals surface area contributed by atoms with Gasteiger partial charge in [0, 0.05) is 13.3 Å². The van der Waals surface area contributed by atoms with Gasteiger partial charge in [0.05, 0.1) is 19.1 Å². The number of Topliss-reactive ketones (excluding diaryl/α,β-unsaturated/α-hetero) is 1. The van der Waals surface area contributed by atoms with Crippen LogP contribution < -0.4 is 16.0 Å². The van der Waals surface area contributed by atoms with Crippen molar-refractivity contribution in [2.75, 3.05) is 18.6 Å². The van der Waals surface area contributed by atoms with Crippen molar-refractivity contribution in [1.82, 2.24) is 16.0 Å². The number of carbonyl (C=O) groups excluding carboxylic acids is 5. The zero-order chi connectivity index (χ0) is 24.8. The van der Waals surface area contributed by atoms with Crippen LogP contribution >= 0.6 is 0 Å². The van der Waals surface area contributed by atoms with Gasteiger partial charge in [0.2, 0.25) is 17.7 Å². The molecule has 0 spiro atoms. The van der Waals surface area contributed by atoms with E-state index in [-0.39, 0.29) is 31.1 Å². The number of ether oxygens (including phenoxy) is 1. The van der Waals surface area contributed by atoms with Crippen LogP contribution in [0.25, 0.3) is 0 Å². The first-order valence-corrected chi connectivity index (χ1v) is 12.0. The number of amides is 3. The van der Waals surface area contributed by atoms with Gasteiger partial charge in [-0.15, -0.1) is 0 Å².